The molecule has 8 heteroatoms. The molecule has 0 aliphatic carbocycles. The summed E-state index contributed by atoms with van der Waals surface area (Å²) >= 11 is 0. The quantitative estimate of drug-likeness (QED) is 0.411. The van der Waals surface area contributed by atoms with Crippen LogP contribution in [0, 0.1) is 0 Å². The predicted octanol–water partition coefficient (Wildman–Crippen LogP) is -1.34. The molecule has 0 spiro atoms. The first kappa shape index (κ1) is 13.3. The highest BCUT2D eigenvalue weighted by atomic mass is 19.3. The molecule has 1 fully saturated rings. The maximum atomic E-state index is 13.7. The molecule has 1 aliphatic heterocycles. The number of hydrogen-bond acceptors (Lipinski definition) is 4. The van der Waals surface area contributed by atoms with Crippen molar-refractivity contribution in [3.8, 4) is 0 Å². The summed E-state index contributed by atoms with van der Waals surface area (Å²) in [4.78, 5) is 0. The first-order valence-corrected chi connectivity index (χ1v) is 4.41. The Labute approximate surface area is 90.1 Å². The average Bonchev–Trinajstić information content (AvgIpc) is 2.36. The molecule has 0 bridgehead atoms. The zero-order valence-corrected chi connectivity index (χ0v) is 8.32. The van der Waals surface area contributed by atoms with Crippen LogP contribution in [0.25, 0.3) is 0 Å². The lowest BCUT2D eigenvalue weighted by Crippen LogP contribution is -2.53. The van der Waals surface area contributed by atoms with E-state index in [0.717, 1.165) is 7.85 Å². The van der Waals surface area contributed by atoms with E-state index in [1.165, 1.54) is 5.73 Å². The molecule has 0 amide bonds. The third kappa shape index (κ3) is 2.02. The lowest BCUT2D eigenvalue weighted by atomic mass is 9.78. The van der Waals surface area contributed by atoms with Crippen molar-refractivity contribution in [3.05, 3.63) is 17.9 Å². The molecule has 0 aromatic heterocycles. The van der Waals surface area contributed by atoms with Crippen LogP contribution in [0.15, 0.2) is 17.9 Å². The summed E-state index contributed by atoms with van der Waals surface area (Å²) < 4.78 is 41.8. The Morgan fingerprint density at radius 2 is 2.12 bits per heavy atom. The second-order valence-corrected chi connectivity index (χ2v) is 3.57. The minimum Gasteiger partial charge on any atom is -0.394 e. The van der Waals surface area contributed by atoms with Gasteiger partial charge in [0.25, 0.3) is 0 Å². The number of alkyl halides is 1. The van der Waals surface area contributed by atoms with E-state index in [1.54, 1.807) is 0 Å². The Morgan fingerprint density at radius 1 is 1.56 bits per heavy atom. The zero-order valence-electron chi connectivity index (χ0n) is 8.32. The lowest BCUT2D eigenvalue weighted by Gasteiger charge is -2.29. The van der Waals surface area contributed by atoms with Crippen LogP contribution >= 0.6 is 0 Å². The van der Waals surface area contributed by atoms with Gasteiger partial charge in [-0.25, -0.2) is 4.39 Å². The fourth-order valence-electron chi connectivity index (χ4n) is 1.51. The number of halogens is 3. The van der Waals surface area contributed by atoms with E-state index in [-0.39, 0.29) is 0 Å². The Kier molecular flexibility index (Phi) is 3.51. The van der Waals surface area contributed by atoms with Crippen LogP contribution in [0.3, 0.4) is 0 Å². The van der Waals surface area contributed by atoms with Crippen molar-refractivity contribution in [2.45, 2.75) is 23.6 Å². The molecule has 0 radical (unpaired) electrons. The highest BCUT2D eigenvalue weighted by Crippen LogP contribution is 2.40. The largest absolute Gasteiger partial charge is 0.394 e. The summed E-state index contributed by atoms with van der Waals surface area (Å²) in [5.41, 5.74) is -1.37. The minimum atomic E-state index is -2.79. The van der Waals surface area contributed by atoms with Crippen molar-refractivity contribution >= 4 is 7.85 Å². The van der Waals surface area contributed by atoms with Gasteiger partial charge in [-0.15, -0.1) is 0 Å². The monoisotopic (exact) mass is 238 g/mol. The fourth-order valence-corrected chi connectivity index (χ4v) is 1.51. The molecule has 1 aliphatic rings. The van der Waals surface area contributed by atoms with E-state index in [0.29, 0.717) is 6.08 Å². The summed E-state index contributed by atoms with van der Waals surface area (Å²) in [7, 11) is 0.764. The summed E-state index contributed by atoms with van der Waals surface area (Å²) in [6, 6.07) is 0. The number of ether oxygens (including phenoxy) is 1. The van der Waals surface area contributed by atoms with Gasteiger partial charge < -0.3 is 20.1 Å². The summed E-state index contributed by atoms with van der Waals surface area (Å²) in [5, 5.41) is 27.9. The van der Waals surface area contributed by atoms with Crippen LogP contribution in [0.1, 0.15) is 0 Å². The van der Waals surface area contributed by atoms with E-state index in [9.17, 15) is 23.4 Å². The first-order valence-electron chi connectivity index (χ1n) is 4.41. The Hall–Kier alpha value is -0.785. The van der Waals surface area contributed by atoms with Gasteiger partial charge in [0.05, 0.1) is 6.61 Å². The second kappa shape index (κ2) is 4.23. The number of hydrogen-bond donors (Lipinski definition) is 3. The van der Waals surface area contributed by atoms with Crippen LogP contribution in [-0.2, 0) is 4.74 Å². The number of rotatable bonds is 2. The first-order chi connectivity index (χ1) is 7.24. The van der Waals surface area contributed by atoms with Gasteiger partial charge in [-0.3, -0.25) is 0 Å². The number of aliphatic hydroxyl groups is 3. The highest BCUT2D eigenvalue weighted by Gasteiger charge is 2.62. The van der Waals surface area contributed by atoms with Crippen molar-refractivity contribution in [1.82, 2.24) is 0 Å². The molecular weight excluding hydrogens is 228 g/mol. The molecule has 1 saturated heterocycles. The molecule has 0 aromatic carbocycles. The topological polar surface area (TPSA) is 69.9 Å². The van der Waals surface area contributed by atoms with Crippen molar-refractivity contribution in [2.24, 2.45) is 0 Å². The van der Waals surface area contributed by atoms with Gasteiger partial charge in [-0.2, -0.15) is 8.78 Å². The number of aliphatic hydroxyl groups excluding tert-OH is 2. The van der Waals surface area contributed by atoms with Gasteiger partial charge in [-0.05, 0) is 0 Å². The van der Waals surface area contributed by atoms with Gasteiger partial charge in [0, 0.05) is 6.08 Å². The summed E-state index contributed by atoms with van der Waals surface area (Å²) in [6.45, 7) is -0.751. The lowest BCUT2D eigenvalue weighted by molar-refractivity contribution is -0.144. The predicted molar refractivity (Wildman–Crippen MR) is 49.1 cm³/mol. The van der Waals surface area contributed by atoms with Crippen LogP contribution in [-0.4, -0.2) is 53.3 Å². The molecule has 0 aromatic rings. The van der Waals surface area contributed by atoms with Crippen molar-refractivity contribution in [2.75, 3.05) is 6.61 Å². The third-order valence-corrected chi connectivity index (χ3v) is 2.47. The van der Waals surface area contributed by atoms with Crippen molar-refractivity contribution < 1.29 is 33.2 Å². The van der Waals surface area contributed by atoms with Crippen molar-refractivity contribution in [3.63, 3.8) is 0 Å². The molecule has 1 rings (SSSR count). The van der Waals surface area contributed by atoms with Crippen LogP contribution in [0.5, 0.6) is 0 Å². The Balaban J connectivity index is 3.14. The van der Waals surface area contributed by atoms with E-state index in [2.05, 4.69) is 4.74 Å². The molecular formula is C8H10BF3O4. The fraction of sp³-hybridized carbons (Fsp3) is 0.625. The van der Waals surface area contributed by atoms with E-state index in [1.807, 2.05) is 0 Å². The van der Waals surface area contributed by atoms with Gasteiger partial charge in [0.1, 0.15) is 12.2 Å². The standard InChI is InChI=1S/C8H10BF3O4/c9-8(12)7(15,2-1-5(10)11)6(14)4(3-13)16-8/h2,4,6,13-15H,3,9H2/t4-,6?,7-,8-/m1/s1. The van der Waals surface area contributed by atoms with Gasteiger partial charge in [0.15, 0.2) is 13.4 Å². The summed E-state index contributed by atoms with van der Waals surface area (Å²) in [5.74, 6) is -2.79. The van der Waals surface area contributed by atoms with Crippen molar-refractivity contribution in [1.29, 1.82) is 0 Å². The van der Waals surface area contributed by atoms with Crippen LogP contribution in [0.2, 0.25) is 0 Å². The smallest absolute Gasteiger partial charge is 0.312 e. The molecule has 3 N–H and O–H groups in total. The molecule has 4 atom stereocenters. The Bertz CT molecular complexity index is 338. The van der Waals surface area contributed by atoms with Gasteiger partial charge in [0.2, 0.25) is 5.75 Å². The molecule has 1 heterocycles. The molecule has 1 unspecified atom stereocenters. The molecule has 90 valence electrons. The van der Waals surface area contributed by atoms with Crippen LogP contribution < -0.4 is 0 Å². The van der Waals surface area contributed by atoms with Gasteiger partial charge in [-0.1, -0.05) is 5.73 Å². The normalized spacial score (nSPS) is 42.9. The summed E-state index contributed by atoms with van der Waals surface area (Å²) in [6.07, 6.45) is -5.23. The van der Waals surface area contributed by atoms with E-state index >= 15 is 0 Å². The Morgan fingerprint density at radius 3 is 2.50 bits per heavy atom. The molecule has 4 nitrogen and oxygen atoms in total. The third-order valence-electron chi connectivity index (χ3n) is 2.47. The zero-order chi connectivity index (χ0) is 12.6. The van der Waals surface area contributed by atoms with E-state index in [4.69, 9.17) is 5.11 Å². The van der Waals surface area contributed by atoms with Crippen LogP contribution in [0.4, 0.5) is 13.2 Å². The molecule has 0 saturated carbocycles. The second-order valence-electron chi connectivity index (χ2n) is 3.57. The van der Waals surface area contributed by atoms with E-state index < -0.39 is 36.3 Å². The molecule has 16 heavy (non-hydrogen) atoms. The highest BCUT2D eigenvalue weighted by molar-refractivity contribution is 6.14. The average molecular weight is 238 g/mol. The maximum absolute atomic E-state index is 13.7. The maximum Gasteiger partial charge on any atom is 0.312 e. The minimum absolute atomic E-state index is 0.294. The SMILES string of the molecule is B[C@]1(F)O[C@H](CO)C(O)[C@]1(O)C=C=C(F)F. The van der Waals surface area contributed by atoms with Gasteiger partial charge >= 0.3 is 6.08 Å².